The van der Waals surface area contributed by atoms with Crippen LogP contribution in [0.1, 0.15) is 11.3 Å². The lowest BCUT2D eigenvalue weighted by molar-refractivity contribution is 0.0511. The van der Waals surface area contributed by atoms with Crippen LogP contribution in [0.4, 0.5) is 0 Å². The van der Waals surface area contributed by atoms with Gasteiger partial charge in [0.15, 0.2) is 12.6 Å². The summed E-state index contributed by atoms with van der Waals surface area (Å²) in [5.74, 6) is 1.28. The molecule has 2 aromatic heterocycles. The van der Waals surface area contributed by atoms with E-state index in [2.05, 4.69) is 5.10 Å². The maximum Gasteiger partial charge on any atom is 0.188 e. The Labute approximate surface area is 161 Å². The quantitative estimate of drug-likeness (QED) is 0.488. The van der Waals surface area contributed by atoms with E-state index in [1.54, 1.807) is 11.8 Å². The van der Waals surface area contributed by atoms with E-state index in [4.69, 9.17) is 31.0 Å². The lowest BCUT2D eigenvalue weighted by atomic mass is 10.0. The van der Waals surface area contributed by atoms with Gasteiger partial charge < -0.3 is 9.47 Å². The minimum atomic E-state index is 0.133. The number of aryl methyl sites for hydroxylation is 3. The SMILES string of the molecule is COCOc1c(-c2nc(C)c3cc(Cl)ccc3n2)cc2cn(C)nc2c1C. The zero-order valence-electron chi connectivity index (χ0n) is 15.6. The molecule has 0 amide bonds. The summed E-state index contributed by atoms with van der Waals surface area (Å²) in [6.07, 6.45) is 1.97. The smallest absolute Gasteiger partial charge is 0.188 e. The van der Waals surface area contributed by atoms with Crippen LogP contribution in [-0.4, -0.2) is 33.7 Å². The van der Waals surface area contributed by atoms with Crippen molar-refractivity contribution >= 4 is 33.4 Å². The zero-order chi connectivity index (χ0) is 19.1. The molecule has 0 spiro atoms. The molecule has 0 saturated carbocycles. The van der Waals surface area contributed by atoms with E-state index in [1.165, 1.54) is 0 Å². The van der Waals surface area contributed by atoms with Gasteiger partial charge in [0.2, 0.25) is 0 Å². The highest BCUT2D eigenvalue weighted by molar-refractivity contribution is 6.31. The third-order valence-corrected chi connectivity index (χ3v) is 4.74. The largest absolute Gasteiger partial charge is 0.466 e. The van der Waals surface area contributed by atoms with Crippen LogP contribution in [0.15, 0.2) is 30.5 Å². The first kappa shape index (κ1) is 17.7. The summed E-state index contributed by atoms with van der Waals surface area (Å²) in [7, 11) is 3.49. The van der Waals surface area contributed by atoms with Crippen LogP contribution in [0.5, 0.6) is 5.75 Å². The Kier molecular flexibility index (Phi) is 4.45. The van der Waals surface area contributed by atoms with Crippen molar-refractivity contribution in [2.75, 3.05) is 13.9 Å². The van der Waals surface area contributed by atoms with Gasteiger partial charge in [0.25, 0.3) is 0 Å². The molecule has 0 bridgehead atoms. The maximum absolute atomic E-state index is 6.12. The predicted octanol–water partition coefficient (Wildman–Crippen LogP) is 4.44. The molecule has 0 fully saturated rings. The number of rotatable bonds is 4. The second kappa shape index (κ2) is 6.79. The summed E-state index contributed by atoms with van der Waals surface area (Å²) < 4.78 is 12.8. The molecule has 2 heterocycles. The first-order chi connectivity index (χ1) is 13.0. The normalized spacial score (nSPS) is 11.4. The van der Waals surface area contributed by atoms with Gasteiger partial charge in [-0.1, -0.05) is 11.6 Å². The number of benzene rings is 2. The molecule has 2 aromatic carbocycles. The minimum Gasteiger partial charge on any atom is -0.466 e. The Bertz CT molecular complexity index is 1170. The second-order valence-electron chi connectivity index (χ2n) is 6.46. The van der Waals surface area contributed by atoms with Crippen molar-refractivity contribution in [1.82, 2.24) is 19.7 Å². The molecule has 6 nitrogen and oxygen atoms in total. The first-order valence-corrected chi connectivity index (χ1v) is 8.88. The third kappa shape index (κ3) is 3.11. The lowest BCUT2D eigenvalue weighted by Crippen LogP contribution is -2.04. The molecular formula is C20H19ClN4O2. The average molecular weight is 383 g/mol. The molecule has 4 aromatic rings. The third-order valence-electron chi connectivity index (χ3n) is 4.51. The molecule has 0 unspecified atom stereocenters. The van der Waals surface area contributed by atoms with Crippen LogP contribution in [0, 0.1) is 13.8 Å². The number of halogens is 1. The van der Waals surface area contributed by atoms with Crippen LogP contribution in [0.3, 0.4) is 0 Å². The molecule has 7 heteroatoms. The summed E-state index contributed by atoms with van der Waals surface area (Å²) in [6.45, 7) is 4.07. The summed E-state index contributed by atoms with van der Waals surface area (Å²) in [6, 6.07) is 7.63. The topological polar surface area (TPSA) is 62.1 Å². The molecule has 27 heavy (non-hydrogen) atoms. The van der Waals surface area contributed by atoms with Crippen LogP contribution < -0.4 is 4.74 Å². The minimum absolute atomic E-state index is 0.133. The first-order valence-electron chi connectivity index (χ1n) is 8.51. The Morgan fingerprint density at radius 1 is 1.15 bits per heavy atom. The van der Waals surface area contributed by atoms with Crippen LogP contribution >= 0.6 is 11.6 Å². The van der Waals surface area contributed by atoms with Gasteiger partial charge in [-0.05, 0) is 38.1 Å². The fourth-order valence-corrected chi connectivity index (χ4v) is 3.45. The molecule has 138 valence electrons. The predicted molar refractivity (Wildman–Crippen MR) is 106 cm³/mol. The van der Waals surface area contributed by atoms with E-state index in [-0.39, 0.29) is 6.79 Å². The van der Waals surface area contributed by atoms with E-state index >= 15 is 0 Å². The Hall–Kier alpha value is -2.70. The van der Waals surface area contributed by atoms with Crippen molar-refractivity contribution in [2.24, 2.45) is 7.05 Å². The number of methoxy groups -OCH3 is 1. The molecule has 0 atom stereocenters. The van der Waals surface area contributed by atoms with Gasteiger partial charge in [0.1, 0.15) is 5.75 Å². The molecule has 0 aliphatic rings. The van der Waals surface area contributed by atoms with Gasteiger partial charge in [-0.2, -0.15) is 5.10 Å². The fourth-order valence-electron chi connectivity index (χ4n) is 3.28. The van der Waals surface area contributed by atoms with Gasteiger partial charge in [0.05, 0.1) is 16.6 Å². The van der Waals surface area contributed by atoms with Crippen LogP contribution in [-0.2, 0) is 11.8 Å². The molecule has 0 aliphatic carbocycles. The van der Waals surface area contributed by atoms with Crippen molar-refractivity contribution in [1.29, 1.82) is 0 Å². The zero-order valence-corrected chi connectivity index (χ0v) is 16.3. The van der Waals surface area contributed by atoms with Gasteiger partial charge >= 0.3 is 0 Å². The van der Waals surface area contributed by atoms with Gasteiger partial charge in [-0.3, -0.25) is 4.68 Å². The Morgan fingerprint density at radius 2 is 1.96 bits per heavy atom. The van der Waals surface area contributed by atoms with Crippen molar-refractivity contribution in [3.63, 3.8) is 0 Å². The molecule has 0 N–H and O–H groups in total. The van der Waals surface area contributed by atoms with E-state index < -0.39 is 0 Å². The lowest BCUT2D eigenvalue weighted by Gasteiger charge is -2.14. The highest BCUT2D eigenvalue weighted by Crippen LogP contribution is 2.37. The second-order valence-corrected chi connectivity index (χ2v) is 6.90. The molecule has 0 aliphatic heterocycles. The van der Waals surface area contributed by atoms with Crippen molar-refractivity contribution < 1.29 is 9.47 Å². The summed E-state index contributed by atoms with van der Waals surface area (Å²) >= 11 is 6.12. The Balaban J connectivity index is 1.99. The van der Waals surface area contributed by atoms with E-state index in [0.717, 1.165) is 38.6 Å². The molecule has 0 saturated heterocycles. The number of hydrogen-bond donors (Lipinski definition) is 0. The number of hydrogen-bond acceptors (Lipinski definition) is 5. The van der Waals surface area contributed by atoms with Gasteiger partial charge in [-0.25, -0.2) is 9.97 Å². The van der Waals surface area contributed by atoms with Crippen LogP contribution in [0.25, 0.3) is 33.2 Å². The summed E-state index contributed by atoms with van der Waals surface area (Å²) in [4.78, 5) is 9.47. The maximum atomic E-state index is 6.12. The highest BCUT2D eigenvalue weighted by atomic mass is 35.5. The van der Waals surface area contributed by atoms with E-state index in [1.807, 2.05) is 51.4 Å². The van der Waals surface area contributed by atoms with Crippen molar-refractivity contribution in [3.05, 3.63) is 46.7 Å². The monoisotopic (exact) mass is 382 g/mol. The number of ether oxygens (including phenoxy) is 2. The fraction of sp³-hybridized carbons (Fsp3) is 0.250. The highest BCUT2D eigenvalue weighted by Gasteiger charge is 2.19. The van der Waals surface area contributed by atoms with Crippen molar-refractivity contribution in [3.8, 4) is 17.1 Å². The van der Waals surface area contributed by atoms with Gasteiger partial charge in [0, 0.05) is 47.4 Å². The summed E-state index contributed by atoms with van der Waals surface area (Å²) in [5, 5.41) is 7.14. The average Bonchev–Trinajstić information content (AvgIpc) is 3.02. The molecule has 4 rings (SSSR count). The van der Waals surface area contributed by atoms with Crippen LogP contribution in [0.2, 0.25) is 5.02 Å². The number of aromatic nitrogens is 4. The van der Waals surface area contributed by atoms with E-state index in [9.17, 15) is 0 Å². The van der Waals surface area contributed by atoms with E-state index in [0.29, 0.717) is 16.6 Å². The standard InChI is InChI=1S/C20H19ClN4O2/c1-11-18-13(9-25(3)24-18)7-16(19(11)27-10-26-4)20-22-12(2)15-8-14(21)5-6-17(15)23-20/h5-9H,10H2,1-4H3. The van der Waals surface area contributed by atoms with Gasteiger partial charge in [-0.15, -0.1) is 0 Å². The number of fused-ring (bicyclic) bond motifs is 2. The molecule has 0 radical (unpaired) electrons. The van der Waals surface area contributed by atoms with Crippen molar-refractivity contribution in [2.45, 2.75) is 13.8 Å². The summed E-state index contributed by atoms with van der Waals surface area (Å²) in [5.41, 5.74) is 4.32. The Morgan fingerprint density at radius 3 is 2.74 bits per heavy atom. The number of nitrogens with zero attached hydrogens (tertiary/aromatic N) is 4. The molecular weight excluding hydrogens is 364 g/mol.